The van der Waals surface area contributed by atoms with Gasteiger partial charge in [0.05, 0.1) is 23.7 Å². The second-order valence-electron chi connectivity index (χ2n) is 6.11. The molecular formula is C19H19Cl2IN4O2. The van der Waals surface area contributed by atoms with Crippen LogP contribution in [0.4, 0.5) is 0 Å². The molecule has 0 saturated heterocycles. The number of fused-ring (bicyclic) bond motifs is 1. The molecule has 0 aromatic heterocycles. The van der Waals surface area contributed by atoms with Gasteiger partial charge in [-0.2, -0.15) is 0 Å². The summed E-state index contributed by atoms with van der Waals surface area (Å²) in [5, 5.41) is 4.12. The number of amides is 2. The van der Waals surface area contributed by atoms with Gasteiger partial charge in [-0.1, -0.05) is 41.4 Å². The van der Waals surface area contributed by atoms with Gasteiger partial charge in [0.2, 0.25) is 0 Å². The molecule has 1 aliphatic heterocycles. The highest BCUT2D eigenvalue weighted by molar-refractivity contribution is 14.0. The monoisotopic (exact) mass is 532 g/mol. The van der Waals surface area contributed by atoms with E-state index in [-0.39, 0.29) is 60.9 Å². The summed E-state index contributed by atoms with van der Waals surface area (Å²) in [5.74, 6) is -0.414. The number of aliphatic imine (C=N–C) groups is 1. The van der Waals surface area contributed by atoms with Crippen molar-refractivity contribution in [2.24, 2.45) is 10.7 Å². The molecule has 0 aliphatic carbocycles. The molecule has 0 spiro atoms. The maximum atomic E-state index is 12.3. The fourth-order valence-electron chi connectivity index (χ4n) is 2.91. The third-order valence-electron chi connectivity index (χ3n) is 4.28. The van der Waals surface area contributed by atoms with E-state index >= 15 is 0 Å². The van der Waals surface area contributed by atoms with Crippen LogP contribution in [0.1, 0.15) is 39.2 Å². The maximum Gasteiger partial charge on any atom is 0.261 e. The second-order valence-corrected chi connectivity index (χ2v) is 6.95. The maximum absolute atomic E-state index is 12.3. The molecule has 9 heteroatoms. The van der Waals surface area contributed by atoms with E-state index < -0.39 is 0 Å². The molecule has 148 valence electrons. The first kappa shape index (κ1) is 22.4. The number of halogens is 3. The molecule has 28 heavy (non-hydrogen) atoms. The molecule has 2 aromatic rings. The lowest BCUT2D eigenvalue weighted by Crippen LogP contribution is -2.36. The molecular weight excluding hydrogens is 514 g/mol. The van der Waals surface area contributed by atoms with Gasteiger partial charge in [0.15, 0.2) is 5.96 Å². The number of rotatable bonds is 5. The molecule has 1 heterocycles. The van der Waals surface area contributed by atoms with E-state index in [2.05, 4.69) is 10.3 Å². The first-order valence-corrected chi connectivity index (χ1v) is 9.10. The van der Waals surface area contributed by atoms with Crippen LogP contribution in [-0.4, -0.2) is 35.8 Å². The minimum Gasteiger partial charge on any atom is -0.370 e. The van der Waals surface area contributed by atoms with E-state index in [0.717, 1.165) is 5.56 Å². The predicted molar refractivity (Wildman–Crippen MR) is 122 cm³/mol. The van der Waals surface area contributed by atoms with Crippen molar-refractivity contribution >= 4 is 65.0 Å². The van der Waals surface area contributed by atoms with Crippen molar-refractivity contribution in [1.82, 2.24) is 10.2 Å². The minimum atomic E-state index is -0.307. The number of nitrogens with zero attached hydrogens (tertiary/aromatic N) is 2. The Balaban J connectivity index is 0.00000280. The number of hydrogen-bond acceptors (Lipinski definition) is 3. The smallest absolute Gasteiger partial charge is 0.261 e. The number of nitrogens with two attached hydrogens (primary N) is 1. The van der Waals surface area contributed by atoms with E-state index in [9.17, 15) is 9.59 Å². The molecule has 3 N–H and O–H groups in total. The van der Waals surface area contributed by atoms with Gasteiger partial charge < -0.3 is 11.1 Å². The van der Waals surface area contributed by atoms with Crippen LogP contribution >= 0.6 is 47.2 Å². The highest BCUT2D eigenvalue weighted by Crippen LogP contribution is 2.26. The van der Waals surface area contributed by atoms with Crippen LogP contribution in [0.2, 0.25) is 10.0 Å². The molecule has 2 aromatic carbocycles. The summed E-state index contributed by atoms with van der Waals surface area (Å²) in [6, 6.07) is 11.8. The molecule has 6 nitrogen and oxygen atoms in total. The lowest BCUT2D eigenvalue weighted by Gasteiger charge is -2.17. The Labute approximate surface area is 190 Å². The zero-order chi connectivity index (χ0) is 19.6. The first-order chi connectivity index (χ1) is 12.9. The highest BCUT2D eigenvalue weighted by atomic mass is 127. The van der Waals surface area contributed by atoms with E-state index in [1.54, 1.807) is 36.4 Å². The third kappa shape index (κ3) is 4.76. The Bertz CT molecular complexity index is 901. The van der Waals surface area contributed by atoms with Crippen LogP contribution < -0.4 is 11.1 Å². The van der Waals surface area contributed by atoms with Gasteiger partial charge in [0, 0.05) is 16.6 Å². The molecule has 1 atom stereocenters. The number of benzene rings is 2. The van der Waals surface area contributed by atoms with Crippen molar-refractivity contribution < 1.29 is 9.59 Å². The number of nitrogens with one attached hydrogen (secondary N) is 1. The van der Waals surface area contributed by atoms with Gasteiger partial charge in [0.1, 0.15) is 0 Å². The van der Waals surface area contributed by atoms with Crippen LogP contribution in [0.5, 0.6) is 0 Å². The van der Waals surface area contributed by atoms with E-state index in [0.29, 0.717) is 21.2 Å². The normalized spacial score (nSPS) is 14.5. The van der Waals surface area contributed by atoms with Crippen LogP contribution in [0.3, 0.4) is 0 Å². The van der Waals surface area contributed by atoms with E-state index in [1.165, 1.54) is 4.90 Å². The van der Waals surface area contributed by atoms with Crippen LogP contribution in [0.25, 0.3) is 0 Å². The van der Waals surface area contributed by atoms with E-state index in [1.807, 2.05) is 13.0 Å². The largest absolute Gasteiger partial charge is 0.370 e. The summed E-state index contributed by atoms with van der Waals surface area (Å²) in [4.78, 5) is 30.0. The summed E-state index contributed by atoms with van der Waals surface area (Å²) < 4.78 is 0. The summed E-state index contributed by atoms with van der Waals surface area (Å²) in [6.07, 6.45) is 0. The van der Waals surface area contributed by atoms with Crippen molar-refractivity contribution in [3.63, 3.8) is 0 Å². The molecule has 1 aliphatic rings. The minimum absolute atomic E-state index is 0. The third-order valence-corrected chi connectivity index (χ3v) is 4.84. The van der Waals surface area contributed by atoms with Crippen molar-refractivity contribution in [3.05, 3.63) is 69.2 Å². The van der Waals surface area contributed by atoms with Gasteiger partial charge >= 0.3 is 0 Å². The average Bonchev–Trinajstić information content (AvgIpc) is 2.87. The summed E-state index contributed by atoms with van der Waals surface area (Å²) in [7, 11) is 0. The van der Waals surface area contributed by atoms with Crippen LogP contribution in [-0.2, 0) is 0 Å². The Morgan fingerprint density at radius 3 is 2.32 bits per heavy atom. The van der Waals surface area contributed by atoms with E-state index in [4.69, 9.17) is 28.9 Å². The predicted octanol–water partition coefficient (Wildman–Crippen LogP) is 3.87. The van der Waals surface area contributed by atoms with Gasteiger partial charge in [0.25, 0.3) is 11.8 Å². The standard InChI is InChI=1S/C19H18Cl2N4O2.HI/c1-11(13-7-6-12(20)10-16(13)21)24-19(22)23-8-9-25-17(26)14-4-2-3-5-15(14)18(25)27;/h2-7,10-11H,8-9H2,1H3,(H3,22,23,24);1H. The van der Waals surface area contributed by atoms with Gasteiger partial charge in [-0.15, -0.1) is 24.0 Å². The number of carbonyl (C=O) groups excluding carboxylic acids is 2. The fourth-order valence-corrected chi connectivity index (χ4v) is 3.48. The molecule has 1 unspecified atom stereocenters. The molecule has 0 radical (unpaired) electrons. The average molecular weight is 533 g/mol. The molecule has 0 bridgehead atoms. The van der Waals surface area contributed by atoms with Crippen molar-refractivity contribution in [2.75, 3.05) is 13.1 Å². The number of hydrogen-bond donors (Lipinski definition) is 2. The number of carbonyl (C=O) groups is 2. The quantitative estimate of drug-likeness (QED) is 0.265. The Morgan fingerprint density at radius 1 is 1.14 bits per heavy atom. The number of guanidine groups is 1. The lowest BCUT2D eigenvalue weighted by atomic mass is 10.1. The number of imide groups is 1. The fraction of sp³-hybridized carbons (Fsp3) is 0.211. The Morgan fingerprint density at radius 2 is 1.75 bits per heavy atom. The van der Waals surface area contributed by atoms with Gasteiger partial charge in [-0.05, 0) is 36.8 Å². The summed E-state index contributed by atoms with van der Waals surface area (Å²) >= 11 is 12.1. The molecule has 3 rings (SSSR count). The lowest BCUT2D eigenvalue weighted by molar-refractivity contribution is 0.0659. The Kier molecular flexibility index (Phi) is 7.68. The molecule has 2 amide bonds. The van der Waals surface area contributed by atoms with Crippen LogP contribution in [0.15, 0.2) is 47.5 Å². The summed E-state index contributed by atoms with van der Waals surface area (Å²) in [6.45, 7) is 2.25. The first-order valence-electron chi connectivity index (χ1n) is 8.35. The molecule has 0 fully saturated rings. The zero-order valence-electron chi connectivity index (χ0n) is 15.0. The topological polar surface area (TPSA) is 87.8 Å². The van der Waals surface area contributed by atoms with Gasteiger partial charge in [-0.25, -0.2) is 0 Å². The zero-order valence-corrected chi connectivity index (χ0v) is 18.8. The van der Waals surface area contributed by atoms with Gasteiger partial charge in [-0.3, -0.25) is 19.5 Å². The Hall–Kier alpha value is -1.84. The van der Waals surface area contributed by atoms with Crippen molar-refractivity contribution in [1.29, 1.82) is 0 Å². The molecule has 0 saturated carbocycles. The SMILES string of the molecule is CC(NC(N)=NCCN1C(=O)c2ccccc2C1=O)c1ccc(Cl)cc1Cl.I. The van der Waals surface area contributed by atoms with Crippen LogP contribution in [0, 0.1) is 0 Å². The second kappa shape index (κ2) is 9.58. The van der Waals surface area contributed by atoms with Crippen molar-refractivity contribution in [2.45, 2.75) is 13.0 Å². The summed E-state index contributed by atoms with van der Waals surface area (Å²) in [5.41, 5.74) is 7.58. The highest BCUT2D eigenvalue weighted by Gasteiger charge is 2.34. The van der Waals surface area contributed by atoms with Crippen molar-refractivity contribution in [3.8, 4) is 0 Å².